The zero-order valence-corrected chi connectivity index (χ0v) is 10.4. The van der Waals surface area contributed by atoms with E-state index in [1.807, 2.05) is 36.4 Å². The Balaban J connectivity index is 2.53. The second-order valence-electron chi connectivity index (χ2n) is 3.84. The second kappa shape index (κ2) is 5.34. The number of ether oxygens (including phenoxy) is 2. The molecule has 0 aliphatic heterocycles. The van der Waals surface area contributed by atoms with Crippen LogP contribution in [0.4, 0.5) is 0 Å². The van der Waals surface area contributed by atoms with Crippen LogP contribution in [0.3, 0.4) is 0 Å². The van der Waals surface area contributed by atoms with Gasteiger partial charge in [-0.1, -0.05) is 30.3 Å². The molecule has 0 amide bonds. The van der Waals surface area contributed by atoms with E-state index in [2.05, 4.69) is 4.79 Å². The van der Waals surface area contributed by atoms with Gasteiger partial charge >= 0.3 is 5.71 Å². The summed E-state index contributed by atoms with van der Waals surface area (Å²) in [5.41, 5.74) is 11.4. The SMILES string of the molecule is COC1=CC(c2ccccc2)=C(OC)CC1=[N+]=[N-]. The zero-order chi connectivity index (χ0) is 13.0. The van der Waals surface area contributed by atoms with Gasteiger partial charge in [-0.2, -0.15) is 4.79 Å². The van der Waals surface area contributed by atoms with Crippen molar-refractivity contribution in [3.63, 3.8) is 0 Å². The van der Waals surface area contributed by atoms with Crippen LogP contribution in [0.5, 0.6) is 0 Å². The molecule has 0 unspecified atom stereocenters. The Labute approximate surface area is 106 Å². The summed E-state index contributed by atoms with van der Waals surface area (Å²) >= 11 is 0. The molecular formula is C14H14N2O2. The molecule has 0 bridgehead atoms. The molecule has 0 aromatic heterocycles. The average Bonchev–Trinajstić information content (AvgIpc) is 2.46. The number of hydrogen-bond donors (Lipinski definition) is 0. The van der Waals surface area contributed by atoms with Crippen molar-refractivity contribution >= 4 is 11.3 Å². The van der Waals surface area contributed by atoms with Crippen molar-refractivity contribution in [1.82, 2.24) is 0 Å². The van der Waals surface area contributed by atoms with E-state index < -0.39 is 0 Å². The maximum Gasteiger partial charge on any atom is 0.340 e. The molecule has 0 heterocycles. The van der Waals surface area contributed by atoms with Crippen LogP contribution in [0.25, 0.3) is 11.1 Å². The minimum Gasteiger partial charge on any atom is -0.500 e. The Morgan fingerprint density at radius 1 is 1.11 bits per heavy atom. The number of rotatable bonds is 3. The number of methoxy groups -OCH3 is 2. The van der Waals surface area contributed by atoms with Gasteiger partial charge in [0.2, 0.25) is 5.76 Å². The van der Waals surface area contributed by atoms with Crippen molar-refractivity contribution in [1.29, 1.82) is 0 Å². The van der Waals surface area contributed by atoms with Crippen LogP contribution in [0, 0.1) is 0 Å². The van der Waals surface area contributed by atoms with Gasteiger partial charge in [-0.3, -0.25) is 0 Å². The highest BCUT2D eigenvalue weighted by molar-refractivity contribution is 6.02. The molecule has 1 aromatic rings. The van der Waals surface area contributed by atoms with E-state index in [4.69, 9.17) is 15.0 Å². The highest BCUT2D eigenvalue weighted by Gasteiger charge is 2.27. The van der Waals surface area contributed by atoms with E-state index in [0.29, 0.717) is 17.9 Å². The molecule has 0 fully saturated rings. The summed E-state index contributed by atoms with van der Waals surface area (Å²) in [6.45, 7) is 0. The maximum absolute atomic E-state index is 8.95. The van der Waals surface area contributed by atoms with Crippen LogP contribution in [0.15, 0.2) is 47.9 Å². The summed E-state index contributed by atoms with van der Waals surface area (Å²) in [5.74, 6) is 1.31. The smallest absolute Gasteiger partial charge is 0.340 e. The lowest BCUT2D eigenvalue weighted by molar-refractivity contribution is -0.0121. The molecule has 4 nitrogen and oxygen atoms in total. The summed E-state index contributed by atoms with van der Waals surface area (Å²) in [5, 5.41) is 0. The lowest BCUT2D eigenvalue weighted by Gasteiger charge is -2.16. The topological polar surface area (TPSA) is 54.9 Å². The van der Waals surface area contributed by atoms with Gasteiger partial charge in [0, 0.05) is 5.57 Å². The highest BCUT2D eigenvalue weighted by Crippen LogP contribution is 2.29. The molecule has 1 aliphatic rings. The van der Waals surface area contributed by atoms with Gasteiger partial charge in [-0.25, -0.2) is 0 Å². The molecule has 1 aliphatic carbocycles. The largest absolute Gasteiger partial charge is 0.500 e. The summed E-state index contributed by atoms with van der Waals surface area (Å²) in [7, 11) is 3.16. The predicted molar refractivity (Wildman–Crippen MR) is 68.7 cm³/mol. The van der Waals surface area contributed by atoms with Crippen molar-refractivity contribution in [2.45, 2.75) is 6.42 Å². The molecule has 0 saturated carbocycles. The van der Waals surface area contributed by atoms with Gasteiger partial charge in [-0.15, -0.1) is 0 Å². The average molecular weight is 242 g/mol. The first-order valence-corrected chi connectivity index (χ1v) is 5.59. The third kappa shape index (κ3) is 2.19. The Bertz CT molecular complexity index is 552. The summed E-state index contributed by atoms with van der Waals surface area (Å²) in [6.07, 6.45) is 2.24. The molecular weight excluding hydrogens is 228 g/mol. The standard InChI is InChI=1S/C14H14N2O2/c1-17-13-9-12(16-15)14(18-2)8-11(13)10-6-4-3-5-7-10/h3-8H,9H2,1-2H3. The van der Waals surface area contributed by atoms with Crippen LogP contribution in [0.1, 0.15) is 12.0 Å². The first-order chi connectivity index (χ1) is 8.80. The molecule has 92 valence electrons. The number of hydrogen-bond acceptors (Lipinski definition) is 2. The van der Waals surface area contributed by atoms with E-state index in [1.165, 1.54) is 0 Å². The molecule has 2 rings (SSSR count). The second-order valence-corrected chi connectivity index (χ2v) is 3.84. The lowest BCUT2D eigenvalue weighted by Crippen LogP contribution is -2.14. The minimum absolute atomic E-state index is 0.414. The molecule has 0 atom stereocenters. The van der Waals surface area contributed by atoms with E-state index in [-0.39, 0.29) is 0 Å². The van der Waals surface area contributed by atoms with E-state index >= 15 is 0 Å². The molecule has 0 radical (unpaired) electrons. The van der Waals surface area contributed by atoms with Gasteiger partial charge in [0.05, 0.1) is 14.2 Å². The fourth-order valence-corrected chi connectivity index (χ4v) is 1.93. The summed E-state index contributed by atoms with van der Waals surface area (Å²) < 4.78 is 10.6. The summed E-state index contributed by atoms with van der Waals surface area (Å²) in [6, 6.07) is 9.89. The molecule has 18 heavy (non-hydrogen) atoms. The van der Waals surface area contributed by atoms with Crippen LogP contribution in [-0.4, -0.2) is 24.7 Å². The lowest BCUT2D eigenvalue weighted by atomic mass is 9.96. The van der Waals surface area contributed by atoms with Crippen molar-refractivity contribution in [2.75, 3.05) is 14.2 Å². The van der Waals surface area contributed by atoms with E-state index in [9.17, 15) is 0 Å². The van der Waals surface area contributed by atoms with E-state index in [1.54, 1.807) is 14.2 Å². The fraction of sp³-hybridized carbons (Fsp3) is 0.214. The molecule has 1 aromatic carbocycles. The minimum atomic E-state index is 0.414. The van der Waals surface area contributed by atoms with Crippen LogP contribution < -0.4 is 0 Å². The summed E-state index contributed by atoms with van der Waals surface area (Å²) in [4.78, 5) is 3.24. The normalized spacial score (nSPS) is 15.0. The maximum atomic E-state index is 8.95. The van der Waals surface area contributed by atoms with Crippen molar-refractivity contribution in [3.05, 3.63) is 59.0 Å². The van der Waals surface area contributed by atoms with Gasteiger partial charge in [0.15, 0.2) is 0 Å². The predicted octanol–water partition coefficient (Wildman–Crippen LogP) is 2.65. The molecule has 4 heteroatoms. The zero-order valence-electron chi connectivity index (χ0n) is 10.4. The van der Waals surface area contributed by atoms with Gasteiger partial charge in [0.25, 0.3) is 0 Å². The third-order valence-electron chi connectivity index (χ3n) is 2.86. The molecule has 0 spiro atoms. The Hall–Kier alpha value is -2.32. The van der Waals surface area contributed by atoms with Crippen LogP contribution >= 0.6 is 0 Å². The van der Waals surface area contributed by atoms with Crippen LogP contribution in [0.2, 0.25) is 0 Å². The van der Waals surface area contributed by atoms with Gasteiger partial charge in [0.1, 0.15) is 12.2 Å². The van der Waals surface area contributed by atoms with Gasteiger partial charge in [-0.05, 0) is 11.6 Å². The molecule has 0 saturated heterocycles. The number of allylic oxidation sites excluding steroid dienone is 4. The van der Waals surface area contributed by atoms with Gasteiger partial charge < -0.3 is 15.0 Å². The number of nitrogens with zero attached hydrogens (tertiary/aromatic N) is 2. The fourth-order valence-electron chi connectivity index (χ4n) is 1.93. The number of benzene rings is 1. The molecule has 0 N–H and O–H groups in total. The Morgan fingerprint density at radius 2 is 1.83 bits per heavy atom. The first kappa shape index (κ1) is 12.1. The Morgan fingerprint density at radius 3 is 2.39 bits per heavy atom. The van der Waals surface area contributed by atoms with Crippen molar-refractivity contribution in [2.24, 2.45) is 0 Å². The van der Waals surface area contributed by atoms with Crippen molar-refractivity contribution in [3.8, 4) is 0 Å². The monoisotopic (exact) mass is 242 g/mol. The third-order valence-corrected chi connectivity index (χ3v) is 2.86. The van der Waals surface area contributed by atoms with Crippen molar-refractivity contribution < 1.29 is 14.3 Å². The Kier molecular flexibility index (Phi) is 3.60. The van der Waals surface area contributed by atoms with Crippen LogP contribution in [-0.2, 0) is 9.47 Å². The highest BCUT2D eigenvalue weighted by atomic mass is 16.5. The van der Waals surface area contributed by atoms with E-state index in [0.717, 1.165) is 16.9 Å². The first-order valence-electron chi connectivity index (χ1n) is 5.59. The quantitative estimate of drug-likeness (QED) is 0.604.